The number of hydrogen-bond acceptors (Lipinski definition) is 5. The van der Waals surface area contributed by atoms with Crippen molar-refractivity contribution in [1.29, 1.82) is 0 Å². The highest BCUT2D eigenvalue weighted by Crippen LogP contribution is 2.31. The lowest BCUT2D eigenvalue weighted by molar-refractivity contribution is -0.0222. The second kappa shape index (κ2) is 8.08. The Labute approximate surface area is 188 Å². The molecule has 1 fully saturated rings. The van der Waals surface area contributed by atoms with Crippen LogP contribution in [0.5, 0.6) is 0 Å². The zero-order valence-corrected chi connectivity index (χ0v) is 17.3. The number of piperidine rings is 1. The Hall–Kier alpha value is -4.03. The van der Waals surface area contributed by atoms with Gasteiger partial charge in [0, 0.05) is 49.6 Å². The van der Waals surface area contributed by atoms with E-state index < -0.39 is 29.3 Å². The first-order chi connectivity index (χ1) is 16.2. The highest BCUT2D eigenvalue weighted by Gasteiger charge is 2.35. The molecule has 4 aromatic rings. The van der Waals surface area contributed by atoms with E-state index in [1.165, 1.54) is 23.5 Å². The number of anilines is 2. The van der Waals surface area contributed by atoms with Crippen LogP contribution in [0.15, 0.2) is 36.8 Å². The molecule has 0 saturated carbocycles. The maximum Gasteiger partial charge on any atom is 0.277 e. The molecular formula is C21H16F5N7O. The second-order valence-electron chi connectivity index (χ2n) is 7.86. The van der Waals surface area contributed by atoms with E-state index in [0.29, 0.717) is 0 Å². The van der Waals surface area contributed by atoms with E-state index in [4.69, 9.17) is 0 Å². The van der Waals surface area contributed by atoms with Crippen LogP contribution in [0.4, 0.5) is 33.5 Å². The number of halogens is 5. The average Bonchev–Trinajstić information content (AvgIpc) is 3.43. The van der Waals surface area contributed by atoms with Crippen LogP contribution in [0, 0.1) is 17.5 Å². The van der Waals surface area contributed by atoms with E-state index in [-0.39, 0.29) is 59.7 Å². The SMILES string of the molecule is O=C(Nc1c[nH]c2cc(F)c(F)cc12)c1cn(-c2cnc(N3CCC(F)(F)CC3)c(F)c2)nn1. The summed E-state index contributed by atoms with van der Waals surface area (Å²) in [5.41, 5.74) is 0.536. The molecule has 0 aliphatic carbocycles. The normalized spacial score (nSPS) is 15.6. The first-order valence-corrected chi connectivity index (χ1v) is 10.2. The van der Waals surface area contributed by atoms with Gasteiger partial charge in [-0.15, -0.1) is 5.10 Å². The Morgan fingerprint density at radius 3 is 2.53 bits per heavy atom. The van der Waals surface area contributed by atoms with Crippen molar-refractivity contribution >= 4 is 28.3 Å². The van der Waals surface area contributed by atoms with E-state index in [9.17, 15) is 26.7 Å². The van der Waals surface area contributed by atoms with Crippen molar-refractivity contribution in [3.05, 3.63) is 59.9 Å². The molecule has 1 amide bonds. The fraction of sp³-hybridized carbons (Fsp3) is 0.238. The lowest BCUT2D eigenvalue weighted by Crippen LogP contribution is -2.40. The smallest absolute Gasteiger partial charge is 0.277 e. The first kappa shape index (κ1) is 21.8. The van der Waals surface area contributed by atoms with Crippen LogP contribution in [0.3, 0.4) is 0 Å². The summed E-state index contributed by atoms with van der Waals surface area (Å²) in [4.78, 5) is 20.8. The summed E-state index contributed by atoms with van der Waals surface area (Å²) in [7, 11) is 0. The van der Waals surface area contributed by atoms with Crippen LogP contribution in [0.25, 0.3) is 16.6 Å². The summed E-state index contributed by atoms with van der Waals surface area (Å²) in [6.45, 7) is -0.0391. The van der Waals surface area contributed by atoms with Crippen molar-refractivity contribution in [3.8, 4) is 5.69 Å². The van der Waals surface area contributed by atoms with Gasteiger partial charge in [-0.3, -0.25) is 4.79 Å². The predicted octanol–water partition coefficient (Wildman–Crippen LogP) is 4.05. The van der Waals surface area contributed by atoms with Crippen LogP contribution >= 0.6 is 0 Å². The minimum Gasteiger partial charge on any atom is -0.359 e. The third-order valence-corrected chi connectivity index (χ3v) is 5.56. The van der Waals surface area contributed by atoms with E-state index in [1.54, 1.807) is 0 Å². The number of carbonyl (C=O) groups is 1. The van der Waals surface area contributed by atoms with Crippen molar-refractivity contribution in [2.45, 2.75) is 18.8 Å². The molecule has 1 saturated heterocycles. The van der Waals surface area contributed by atoms with Gasteiger partial charge in [-0.1, -0.05) is 5.21 Å². The van der Waals surface area contributed by atoms with Gasteiger partial charge in [0.05, 0.1) is 29.3 Å². The lowest BCUT2D eigenvalue weighted by atomic mass is 10.1. The standard InChI is InChI=1S/C21H16F5N7O/c22-13-6-12-16(7-14(13)23)27-9-17(12)29-20(34)18-10-33(31-30-18)11-5-15(24)19(28-8-11)32-3-1-21(25,26)2-4-32/h5-10,27H,1-4H2,(H,29,34). The fourth-order valence-electron chi connectivity index (χ4n) is 3.72. The largest absolute Gasteiger partial charge is 0.359 e. The van der Waals surface area contributed by atoms with Crippen molar-refractivity contribution < 1.29 is 26.7 Å². The average molecular weight is 477 g/mol. The van der Waals surface area contributed by atoms with Crippen molar-refractivity contribution in [2.24, 2.45) is 0 Å². The minimum atomic E-state index is -2.76. The molecule has 0 radical (unpaired) electrons. The van der Waals surface area contributed by atoms with Gasteiger partial charge in [0.15, 0.2) is 29.0 Å². The molecule has 8 nitrogen and oxygen atoms in total. The molecule has 0 atom stereocenters. The van der Waals surface area contributed by atoms with Crippen molar-refractivity contribution in [1.82, 2.24) is 25.0 Å². The predicted molar refractivity (Wildman–Crippen MR) is 112 cm³/mol. The van der Waals surface area contributed by atoms with Gasteiger partial charge in [-0.25, -0.2) is 31.6 Å². The Balaban J connectivity index is 1.32. The number of alkyl halides is 2. The van der Waals surface area contributed by atoms with Crippen LogP contribution in [0.1, 0.15) is 23.3 Å². The highest BCUT2D eigenvalue weighted by molar-refractivity contribution is 6.07. The summed E-state index contributed by atoms with van der Waals surface area (Å²) in [6.07, 6.45) is 3.14. The number of benzene rings is 1. The molecule has 34 heavy (non-hydrogen) atoms. The molecule has 1 aromatic carbocycles. The number of hydrogen-bond donors (Lipinski definition) is 2. The molecular weight excluding hydrogens is 461 g/mol. The Morgan fingerprint density at radius 1 is 1.06 bits per heavy atom. The van der Waals surface area contributed by atoms with E-state index in [2.05, 4.69) is 25.6 Å². The number of aromatic nitrogens is 5. The van der Waals surface area contributed by atoms with Crippen molar-refractivity contribution in [2.75, 3.05) is 23.3 Å². The number of nitrogens with zero attached hydrogens (tertiary/aromatic N) is 5. The first-order valence-electron chi connectivity index (χ1n) is 10.2. The topological polar surface area (TPSA) is 91.7 Å². The summed E-state index contributed by atoms with van der Waals surface area (Å²) < 4.78 is 69.4. The Bertz CT molecular complexity index is 1390. The molecule has 13 heteroatoms. The number of H-pyrrole nitrogens is 1. The monoisotopic (exact) mass is 477 g/mol. The molecule has 1 aliphatic rings. The molecule has 2 N–H and O–H groups in total. The Kier molecular flexibility index (Phi) is 5.18. The van der Waals surface area contributed by atoms with E-state index >= 15 is 0 Å². The van der Waals surface area contributed by atoms with Crippen LogP contribution in [-0.2, 0) is 0 Å². The van der Waals surface area contributed by atoms with Gasteiger partial charge in [-0.05, 0) is 6.07 Å². The maximum absolute atomic E-state index is 14.6. The molecule has 3 aromatic heterocycles. The molecule has 0 bridgehead atoms. The molecule has 5 rings (SSSR count). The van der Waals surface area contributed by atoms with Crippen LogP contribution in [0.2, 0.25) is 0 Å². The summed E-state index contributed by atoms with van der Waals surface area (Å²) >= 11 is 0. The fourth-order valence-corrected chi connectivity index (χ4v) is 3.72. The number of pyridine rings is 1. The number of amides is 1. The van der Waals surface area contributed by atoms with Crippen molar-refractivity contribution in [3.63, 3.8) is 0 Å². The van der Waals surface area contributed by atoms with Gasteiger partial charge in [0.25, 0.3) is 11.8 Å². The highest BCUT2D eigenvalue weighted by atomic mass is 19.3. The Morgan fingerprint density at radius 2 is 1.79 bits per heavy atom. The molecule has 176 valence electrons. The molecule has 1 aliphatic heterocycles. The van der Waals surface area contributed by atoms with E-state index in [1.807, 2.05) is 0 Å². The third kappa shape index (κ3) is 4.04. The van der Waals surface area contributed by atoms with Crippen LogP contribution in [-0.4, -0.2) is 49.9 Å². The quantitative estimate of drug-likeness (QED) is 0.433. The summed E-state index contributed by atoms with van der Waals surface area (Å²) in [5.74, 6) is -6.31. The van der Waals surface area contributed by atoms with Gasteiger partial charge < -0.3 is 15.2 Å². The zero-order chi connectivity index (χ0) is 24.0. The van der Waals surface area contributed by atoms with Gasteiger partial charge in [0.1, 0.15) is 0 Å². The number of fused-ring (bicyclic) bond motifs is 1. The summed E-state index contributed by atoms with van der Waals surface area (Å²) in [5, 5.41) is 10.3. The van der Waals surface area contributed by atoms with Gasteiger partial charge >= 0.3 is 0 Å². The molecule has 0 unspecified atom stereocenters. The second-order valence-corrected chi connectivity index (χ2v) is 7.86. The van der Waals surface area contributed by atoms with E-state index in [0.717, 1.165) is 22.9 Å². The minimum absolute atomic E-state index is 0.0196. The number of rotatable bonds is 4. The maximum atomic E-state index is 14.6. The molecule has 0 spiro atoms. The third-order valence-electron chi connectivity index (χ3n) is 5.56. The number of carbonyl (C=O) groups excluding carboxylic acids is 1. The zero-order valence-electron chi connectivity index (χ0n) is 17.3. The number of aromatic amines is 1. The van der Waals surface area contributed by atoms with Crippen LogP contribution < -0.4 is 10.2 Å². The van der Waals surface area contributed by atoms with Gasteiger partial charge in [0.2, 0.25) is 0 Å². The molecule has 4 heterocycles. The summed E-state index contributed by atoms with van der Waals surface area (Å²) in [6, 6.07) is 3.03. The number of nitrogens with one attached hydrogen (secondary N) is 2. The lowest BCUT2D eigenvalue weighted by Gasteiger charge is -2.32. The van der Waals surface area contributed by atoms with Gasteiger partial charge in [-0.2, -0.15) is 0 Å².